The number of pyridine rings is 3. The Bertz CT molecular complexity index is 1130. The standard InChI is InChI=1S/C20H21N5O3S/c26-20(23-9-12-29(27,28)25-10-1-2-11-25)19-13-16(15-3-6-21-7-4-15)17-14-22-8-5-18(17)24-19/h3-8,13-14H,1-2,9-12H2,(H,23,26). The Morgan fingerprint density at radius 2 is 1.79 bits per heavy atom. The second-order valence-electron chi connectivity index (χ2n) is 6.86. The first-order valence-electron chi connectivity index (χ1n) is 9.46. The smallest absolute Gasteiger partial charge is 0.269 e. The Balaban J connectivity index is 1.55. The summed E-state index contributed by atoms with van der Waals surface area (Å²) in [6, 6.07) is 7.15. The van der Waals surface area contributed by atoms with Crippen molar-refractivity contribution < 1.29 is 13.2 Å². The van der Waals surface area contributed by atoms with Gasteiger partial charge in [0.05, 0.1) is 11.3 Å². The van der Waals surface area contributed by atoms with Gasteiger partial charge in [-0.2, -0.15) is 0 Å². The van der Waals surface area contributed by atoms with Crippen LogP contribution < -0.4 is 5.32 Å². The van der Waals surface area contributed by atoms with E-state index in [-0.39, 0.29) is 18.0 Å². The Morgan fingerprint density at radius 1 is 1.07 bits per heavy atom. The molecule has 1 saturated heterocycles. The summed E-state index contributed by atoms with van der Waals surface area (Å²) in [6.45, 7) is 1.16. The number of nitrogens with one attached hydrogen (secondary N) is 1. The van der Waals surface area contributed by atoms with Crippen molar-refractivity contribution in [1.82, 2.24) is 24.6 Å². The van der Waals surface area contributed by atoms with E-state index in [4.69, 9.17) is 0 Å². The van der Waals surface area contributed by atoms with Crippen molar-refractivity contribution >= 4 is 26.8 Å². The molecule has 0 radical (unpaired) electrons. The first kappa shape index (κ1) is 19.4. The van der Waals surface area contributed by atoms with Crippen molar-refractivity contribution in [3.8, 4) is 11.1 Å². The van der Waals surface area contributed by atoms with E-state index in [1.165, 1.54) is 4.31 Å². The molecular formula is C20H21N5O3S. The molecule has 8 nitrogen and oxygen atoms in total. The van der Waals surface area contributed by atoms with Gasteiger partial charge in [-0.05, 0) is 48.2 Å². The van der Waals surface area contributed by atoms with E-state index in [9.17, 15) is 13.2 Å². The zero-order chi connectivity index (χ0) is 20.3. The normalized spacial score (nSPS) is 14.9. The third-order valence-corrected chi connectivity index (χ3v) is 6.81. The van der Waals surface area contributed by atoms with E-state index in [0.29, 0.717) is 18.6 Å². The predicted molar refractivity (Wildman–Crippen MR) is 110 cm³/mol. The van der Waals surface area contributed by atoms with E-state index in [2.05, 4.69) is 20.3 Å². The lowest BCUT2D eigenvalue weighted by Crippen LogP contribution is -2.36. The van der Waals surface area contributed by atoms with Gasteiger partial charge < -0.3 is 5.32 Å². The monoisotopic (exact) mass is 411 g/mol. The molecule has 4 rings (SSSR count). The topological polar surface area (TPSA) is 105 Å². The summed E-state index contributed by atoms with van der Waals surface area (Å²) in [6.07, 6.45) is 8.47. The van der Waals surface area contributed by atoms with E-state index < -0.39 is 15.9 Å². The molecule has 1 amide bonds. The van der Waals surface area contributed by atoms with Crippen LogP contribution in [0.15, 0.2) is 49.1 Å². The number of aromatic nitrogens is 3. The molecule has 0 unspecified atom stereocenters. The highest BCUT2D eigenvalue weighted by Crippen LogP contribution is 2.27. The first-order chi connectivity index (χ1) is 14.0. The fourth-order valence-corrected chi connectivity index (χ4v) is 4.87. The lowest BCUT2D eigenvalue weighted by atomic mass is 10.0. The highest BCUT2D eigenvalue weighted by Gasteiger charge is 2.25. The second-order valence-corrected chi connectivity index (χ2v) is 8.95. The minimum atomic E-state index is -3.34. The Labute approximate surface area is 169 Å². The van der Waals surface area contributed by atoms with Crippen LogP contribution in [0.4, 0.5) is 0 Å². The maximum Gasteiger partial charge on any atom is 0.269 e. The molecule has 1 N–H and O–H groups in total. The molecule has 0 saturated carbocycles. The summed E-state index contributed by atoms with van der Waals surface area (Å²) in [4.78, 5) is 25.3. The van der Waals surface area contributed by atoms with Crippen molar-refractivity contribution in [3.05, 3.63) is 54.7 Å². The van der Waals surface area contributed by atoms with Gasteiger partial charge in [0.15, 0.2) is 0 Å². The number of amides is 1. The quantitative estimate of drug-likeness (QED) is 0.664. The van der Waals surface area contributed by atoms with Crippen LogP contribution in [0.3, 0.4) is 0 Å². The fraction of sp³-hybridized carbons (Fsp3) is 0.300. The van der Waals surface area contributed by atoms with Crippen LogP contribution in [0.25, 0.3) is 22.0 Å². The summed E-state index contributed by atoms with van der Waals surface area (Å²) < 4.78 is 26.1. The number of nitrogens with zero attached hydrogens (tertiary/aromatic N) is 4. The minimum absolute atomic E-state index is 0.0400. The van der Waals surface area contributed by atoms with Crippen LogP contribution in [0.2, 0.25) is 0 Å². The van der Waals surface area contributed by atoms with Gasteiger partial charge in [-0.1, -0.05) is 0 Å². The number of hydrogen-bond donors (Lipinski definition) is 1. The highest BCUT2D eigenvalue weighted by atomic mass is 32.2. The molecule has 0 aliphatic carbocycles. The van der Waals surface area contributed by atoms with Gasteiger partial charge in [0.1, 0.15) is 5.69 Å². The summed E-state index contributed by atoms with van der Waals surface area (Å²) in [5.41, 5.74) is 2.59. The number of rotatable bonds is 6. The molecule has 0 bridgehead atoms. The summed E-state index contributed by atoms with van der Waals surface area (Å²) in [5, 5.41) is 3.51. The number of sulfonamides is 1. The number of carbonyl (C=O) groups is 1. The lowest BCUT2D eigenvalue weighted by Gasteiger charge is -2.15. The molecule has 9 heteroatoms. The van der Waals surface area contributed by atoms with Gasteiger partial charge in [-0.25, -0.2) is 17.7 Å². The number of hydrogen-bond acceptors (Lipinski definition) is 6. The van der Waals surface area contributed by atoms with Crippen molar-refractivity contribution in [3.63, 3.8) is 0 Å². The Hall–Kier alpha value is -2.91. The molecule has 29 heavy (non-hydrogen) atoms. The average Bonchev–Trinajstić information content (AvgIpc) is 3.29. The van der Waals surface area contributed by atoms with Crippen LogP contribution in [-0.2, 0) is 10.0 Å². The number of fused-ring (bicyclic) bond motifs is 1. The third kappa shape index (κ3) is 4.25. The van der Waals surface area contributed by atoms with Gasteiger partial charge in [-0.15, -0.1) is 0 Å². The average molecular weight is 411 g/mol. The van der Waals surface area contributed by atoms with Crippen LogP contribution in [0.1, 0.15) is 23.3 Å². The lowest BCUT2D eigenvalue weighted by molar-refractivity contribution is 0.0951. The van der Waals surface area contributed by atoms with Crippen LogP contribution in [0, 0.1) is 0 Å². The summed E-state index contributed by atoms with van der Waals surface area (Å²) >= 11 is 0. The molecule has 1 aliphatic heterocycles. The molecule has 0 aromatic carbocycles. The minimum Gasteiger partial charge on any atom is -0.350 e. The first-order valence-corrected chi connectivity index (χ1v) is 11.1. The van der Waals surface area contributed by atoms with Gasteiger partial charge in [0.2, 0.25) is 10.0 Å². The van der Waals surface area contributed by atoms with Crippen molar-refractivity contribution in [1.29, 1.82) is 0 Å². The van der Waals surface area contributed by atoms with E-state index in [0.717, 1.165) is 29.4 Å². The van der Waals surface area contributed by atoms with Crippen LogP contribution in [-0.4, -0.2) is 59.0 Å². The molecule has 0 spiro atoms. The molecule has 3 aromatic heterocycles. The van der Waals surface area contributed by atoms with Gasteiger partial charge in [0, 0.05) is 49.8 Å². The summed E-state index contributed by atoms with van der Waals surface area (Å²) in [7, 11) is -3.34. The predicted octanol–water partition coefficient (Wildman–Crippen LogP) is 1.85. The SMILES string of the molecule is O=C(NCCS(=O)(=O)N1CCCC1)c1cc(-c2ccncc2)c2cnccc2n1. The third-order valence-electron chi connectivity index (χ3n) is 4.94. The molecule has 0 atom stereocenters. The molecule has 1 aliphatic rings. The second kappa shape index (κ2) is 8.22. The van der Waals surface area contributed by atoms with Crippen LogP contribution >= 0.6 is 0 Å². The molecule has 1 fully saturated rings. The Kier molecular flexibility index (Phi) is 5.50. The Morgan fingerprint density at radius 3 is 2.55 bits per heavy atom. The van der Waals surface area contributed by atoms with Gasteiger partial charge in [-0.3, -0.25) is 14.8 Å². The van der Waals surface area contributed by atoms with Crippen molar-refractivity contribution in [2.75, 3.05) is 25.4 Å². The van der Waals surface area contributed by atoms with E-state index in [1.807, 2.05) is 12.1 Å². The highest BCUT2D eigenvalue weighted by molar-refractivity contribution is 7.89. The van der Waals surface area contributed by atoms with E-state index >= 15 is 0 Å². The molecular weight excluding hydrogens is 390 g/mol. The van der Waals surface area contributed by atoms with Crippen molar-refractivity contribution in [2.24, 2.45) is 0 Å². The van der Waals surface area contributed by atoms with Gasteiger partial charge in [0.25, 0.3) is 5.91 Å². The van der Waals surface area contributed by atoms with Gasteiger partial charge >= 0.3 is 0 Å². The molecule has 3 aromatic rings. The molecule has 4 heterocycles. The molecule has 150 valence electrons. The zero-order valence-corrected chi connectivity index (χ0v) is 16.6. The van der Waals surface area contributed by atoms with Crippen LogP contribution in [0.5, 0.6) is 0 Å². The van der Waals surface area contributed by atoms with Crippen molar-refractivity contribution in [2.45, 2.75) is 12.8 Å². The number of carbonyl (C=O) groups excluding carboxylic acids is 1. The van der Waals surface area contributed by atoms with E-state index in [1.54, 1.807) is 36.9 Å². The largest absolute Gasteiger partial charge is 0.350 e. The maximum absolute atomic E-state index is 12.7. The maximum atomic E-state index is 12.7. The fourth-order valence-electron chi connectivity index (χ4n) is 3.43. The summed E-state index contributed by atoms with van der Waals surface area (Å²) in [5.74, 6) is -0.524. The zero-order valence-electron chi connectivity index (χ0n) is 15.8.